The van der Waals surface area contributed by atoms with E-state index in [1.807, 2.05) is 0 Å². The fourth-order valence-electron chi connectivity index (χ4n) is 3.09. The first kappa shape index (κ1) is 16.4. The number of fused-ring (bicyclic) bond motifs is 1. The van der Waals surface area contributed by atoms with E-state index in [1.165, 1.54) is 24.5 Å². The van der Waals surface area contributed by atoms with Gasteiger partial charge in [-0.1, -0.05) is 0 Å². The van der Waals surface area contributed by atoms with Gasteiger partial charge in [0.2, 0.25) is 5.91 Å². The Labute approximate surface area is 138 Å². The van der Waals surface area contributed by atoms with Crippen molar-refractivity contribution >= 4 is 22.8 Å². The molecule has 0 bridgehead atoms. The fraction of sp³-hybridized carbons (Fsp3) is 0.412. The highest BCUT2D eigenvalue weighted by molar-refractivity contribution is 6.06. The van der Waals surface area contributed by atoms with Crippen molar-refractivity contribution in [2.24, 2.45) is 11.7 Å². The summed E-state index contributed by atoms with van der Waals surface area (Å²) in [7, 11) is 0. The molecule has 0 saturated carbocycles. The van der Waals surface area contributed by atoms with Gasteiger partial charge in [-0.2, -0.15) is 0 Å². The van der Waals surface area contributed by atoms with E-state index in [0.29, 0.717) is 24.2 Å². The number of ether oxygens (including phenoxy) is 1. The van der Waals surface area contributed by atoms with Crippen molar-refractivity contribution in [2.45, 2.75) is 25.3 Å². The van der Waals surface area contributed by atoms with E-state index < -0.39 is 17.6 Å². The molecule has 1 fully saturated rings. The molecule has 1 aliphatic heterocycles. The van der Waals surface area contributed by atoms with Crippen LogP contribution in [0.15, 0.2) is 28.9 Å². The molecule has 0 aliphatic carbocycles. The summed E-state index contributed by atoms with van der Waals surface area (Å²) in [6.07, 6.45) is 2.85. The topological polar surface area (TPSA) is 94.6 Å². The van der Waals surface area contributed by atoms with Gasteiger partial charge >= 0.3 is 0 Å². The van der Waals surface area contributed by atoms with Gasteiger partial charge in [-0.3, -0.25) is 9.59 Å². The number of furan rings is 1. The number of benzene rings is 1. The van der Waals surface area contributed by atoms with Crippen molar-refractivity contribution in [2.75, 3.05) is 13.2 Å². The summed E-state index contributed by atoms with van der Waals surface area (Å²) in [5.41, 5.74) is 5.99. The average Bonchev–Trinajstić information content (AvgIpc) is 2.97. The molecule has 7 heteroatoms. The van der Waals surface area contributed by atoms with Crippen LogP contribution in [0.4, 0.5) is 4.39 Å². The van der Waals surface area contributed by atoms with Crippen LogP contribution in [0.1, 0.15) is 29.6 Å². The second kappa shape index (κ2) is 7.00. The molecule has 24 heavy (non-hydrogen) atoms. The number of carbonyl (C=O) groups excluding carboxylic acids is 2. The number of halogens is 1. The van der Waals surface area contributed by atoms with E-state index in [-0.39, 0.29) is 23.9 Å². The van der Waals surface area contributed by atoms with E-state index in [2.05, 4.69) is 5.32 Å². The van der Waals surface area contributed by atoms with Crippen LogP contribution in [0.5, 0.6) is 0 Å². The predicted molar refractivity (Wildman–Crippen MR) is 84.8 cm³/mol. The molecule has 1 atom stereocenters. The molecule has 1 aliphatic rings. The molecule has 3 rings (SSSR count). The zero-order chi connectivity index (χ0) is 17.1. The van der Waals surface area contributed by atoms with Crippen LogP contribution in [0.3, 0.4) is 0 Å². The smallest absolute Gasteiger partial charge is 0.255 e. The highest BCUT2D eigenvalue weighted by Gasteiger charge is 2.28. The highest BCUT2D eigenvalue weighted by Crippen LogP contribution is 2.24. The second-order valence-electron chi connectivity index (χ2n) is 5.99. The lowest BCUT2D eigenvalue weighted by atomic mass is 9.89. The van der Waals surface area contributed by atoms with Crippen molar-refractivity contribution in [3.63, 3.8) is 0 Å². The molecule has 0 spiro atoms. The van der Waals surface area contributed by atoms with Gasteiger partial charge in [-0.15, -0.1) is 0 Å². The lowest BCUT2D eigenvalue weighted by molar-refractivity contribution is -0.118. The minimum Gasteiger partial charge on any atom is -0.463 e. The number of nitrogens with two attached hydrogens (primary N) is 1. The van der Waals surface area contributed by atoms with Crippen LogP contribution in [0, 0.1) is 11.7 Å². The maximum atomic E-state index is 13.4. The summed E-state index contributed by atoms with van der Waals surface area (Å²) >= 11 is 0. The van der Waals surface area contributed by atoms with Crippen molar-refractivity contribution in [3.8, 4) is 0 Å². The summed E-state index contributed by atoms with van der Waals surface area (Å²) in [5, 5.41) is 3.25. The van der Waals surface area contributed by atoms with E-state index >= 15 is 0 Å². The zero-order valence-corrected chi connectivity index (χ0v) is 13.1. The first-order chi connectivity index (χ1) is 11.5. The lowest BCUT2D eigenvalue weighted by Crippen LogP contribution is -2.44. The maximum absolute atomic E-state index is 13.4. The third-order valence-corrected chi connectivity index (χ3v) is 4.35. The number of rotatable bonds is 5. The Balaban J connectivity index is 1.81. The third kappa shape index (κ3) is 3.56. The average molecular weight is 334 g/mol. The van der Waals surface area contributed by atoms with Crippen molar-refractivity contribution < 1.29 is 23.1 Å². The molecule has 6 nitrogen and oxygen atoms in total. The molecule has 0 radical (unpaired) electrons. The van der Waals surface area contributed by atoms with Gasteiger partial charge in [0.05, 0.1) is 5.56 Å². The van der Waals surface area contributed by atoms with Crippen LogP contribution in [-0.4, -0.2) is 31.1 Å². The molecule has 128 valence electrons. The Morgan fingerprint density at radius 2 is 2.08 bits per heavy atom. The van der Waals surface area contributed by atoms with Crippen LogP contribution in [-0.2, 0) is 9.53 Å². The number of hydrogen-bond acceptors (Lipinski definition) is 4. The van der Waals surface area contributed by atoms with Gasteiger partial charge in [-0.05, 0) is 37.0 Å². The Morgan fingerprint density at radius 3 is 2.79 bits per heavy atom. The van der Waals surface area contributed by atoms with E-state index in [0.717, 1.165) is 12.8 Å². The highest BCUT2D eigenvalue weighted by atomic mass is 19.1. The number of amides is 2. The Morgan fingerprint density at radius 1 is 1.33 bits per heavy atom. The van der Waals surface area contributed by atoms with E-state index in [4.69, 9.17) is 14.9 Å². The normalized spacial score (nSPS) is 16.9. The first-order valence-electron chi connectivity index (χ1n) is 7.88. The summed E-state index contributed by atoms with van der Waals surface area (Å²) in [4.78, 5) is 23.9. The van der Waals surface area contributed by atoms with Crippen molar-refractivity contribution in [1.82, 2.24) is 5.32 Å². The van der Waals surface area contributed by atoms with Crippen molar-refractivity contribution in [1.29, 1.82) is 0 Å². The fourth-order valence-corrected chi connectivity index (χ4v) is 3.09. The van der Waals surface area contributed by atoms with Gasteiger partial charge in [0.25, 0.3) is 5.91 Å². The molecule has 1 aromatic heterocycles. The Bertz CT molecular complexity index is 752. The van der Waals surface area contributed by atoms with Crippen LogP contribution in [0.2, 0.25) is 0 Å². The Hall–Kier alpha value is -2.41. The number of carbonyl (C=O) groups is 2. The molecule has 1 aromatic carbocycles. The van der Waals surface area contributed by atoms with Crippen molar-refractivity contribution in [3.05, 3.63) is 35.8 Å². The maximum Gasteiger partial charge on any atom is 0.255 e. The van der Waals surface area contributed by atoms with Gasteiger partial charge in [0.1, 0.15) is 17.7 Å². The third-order valence-electron chi connectivity index (χ3n) is 4.35. The standard InChI is InChI=1S/C17H19FN2O4/c18-11-1-2-15-12(7-11)13(9-24-15)17(22)20-14(8-16(19)21)10-3-5-23-6-4-10/h1-2,7,9-10,14H,3-6,8H2,(H2,19,21)(H,20,22). The molecular formula is C17H19FN2O4. The first-order valence-corrected chi connectivity index (χ1v) is 7.88. The largest absolute Gasteiger partial charge is 0.463 e. The molecule has 2 heterocycles. The molecule has 1 unspecified atom stereocenters. The quantitative estimate of drug-likeness (QED) is 0.874. The van der Waals surface area contributed by atoms with Gasteiger partial charge < -0.3 is 20.2 Å². The molecular weight excluding hydrogens is 315 g/mol. The van der Waals surface area contributed by atoms with Crippen LogP contribution >= 0.6 is 0 Å². The molecule has 3 N–H and O–H groups in total. The minimum absolute atomic E-state index is 0.0561. The molecule has 2 aromatic rings. The lowest BCUT2D eigenvalue weighted by Gasteiger charge is -2.30. The zero-order valence-electron chi connectivity index (χ0n) is 13.1. The SMILES string of the molecule is NC(=O)CC(NC(=O)c1coc2ccc(F)cc12)C1CCOCC1. The number of primary amides is 1. The number of hydrogen-bond donors (Lipinski definition) is 2. The van der Waals surface area contributed by atoms with Gasteiger partial charge in [-0.25, -0.2) is 4.39 Å². The summed E-state index contributed by atoms with van der Waals surface area (Å²) < 4.78 is 24.0. The summed E-state index contributed by atoms with van der Waals surface area (Å²) in [5.74, 6) is -1.21. The Kier molecular flexibility index (Phi) is 4.80. The molecule has 2 amide bonds. The van der Waals surface area contributed by atoms with Gasteiger partial charge in [0.15, 0.2) is 0 Å². The predicted octanol–water partition coefficient (Wildman–Crippen LogP) is 1.97. The number of nitrogens with one attached hydrogen (secondary N) is 1. The van der Waals surface area contributed by atoms with Crippen LogP contribution in [0.25, 0.3) is 11.0 Å². The monoisotopic (exact) mass is 334 g/mol. The summed E-state index contributed by atoms with van der Waals surface area (Å²) in [6.45, 7) is 1.19. The summed E-state index contributed by atoms with van der Waals surface area (Å²) in [6, 6.07) is 3.62. The van der Waals surface area contributed by atoms with Crippen LogP contribution < -0.4 is 11.1 Å². The second-order valence-corrected chi connectivity index (χ2v) is 5.99. The van der Waals surface area contributed by atoms with Gasteiger partial charge in [0, 0.05) is 31.1 Å². The van der Waals surface area contributed by atoms with E-state index in [9.17, 15) is 14.0 Å². The van der Waals surface area contributed by atoms with E-state index in [1.54, 1.807) is 0 Å². The minimum atomic E-state index is -0.477. The molecule has 1 saturated heterocycles.